The van der Waals surface area contributed by atoms with Gasteiger partial charge in [0, 0.05) is 6.42 Å². The van der Waals surface area contributed by atoms with Crippen LogP contribution in [-0.4, -0.2) is 27.5 Å². The molecule has 2 atom stereocenters. The number of benzene rings is 3. The van der Waals surface area contributed by atoms with E-state index < -0.39 is 17.8 Å². The van der Waals surface area contributed by atoms with E-state index in [1.54, 1.807) is 0 Å². The zero-order valence-electron chi connectivity index (χ0n) is 22.5. The molecule has 0 saturated carbocycles. The van der Waals surface area contributed by atoms with Crippen molar-refractivity contribution in [3.05, 3.63) is 108 Å². The van der Waals surface area contributed by atoms with Gasteiger partial charge in [-0.1, -0.05) is 133 Å². The molecule has 0 aliphatic heterocycles. The fraction of sp³-hybridized carbons (Fsp3) is 0.400. The molecule has 0 aromatic heterocycles. The van der Waals surface area contributed by atoms with Crippen LogP contribution in [0.15, 0.2) is 91.0 Å². The molecule has 7 heteroatoms. The summed E-state index contributed by atoms with van der Waals surface area (Å²) < 4.78 is 8.33. The summed E-state index contributed by atoms with van der Waals surface area (Å²) in [7, 11) is 0. The Labute approximate surface area is 246 Å². The van der Waals surface area contributed by atoms with Gasteiger partial charge in [0.1, 0.15) is 5.60 Å². The van der Waals surface area contributed by atoms with Crippen molar-refractivity contribution in [2.24, 2.45) is 10.8 Å². The molecule has 0 aliphatic rings. The van der Waals surface area contributed by atoms with Crippen LogP contribution in [0.25, 0.3) is 0 Å². The summed E-state index contributed by atoms with van der Waals surface area (Å²) in [5.41, 5.74) is 1.20. The number of rotatable bonds is 5. The van der Waals surface area contributed by atoms with Crippen molar-refractivity contribution in [2.45, 2.75) is 65.8 Å². The second-order valence-corrected chi connectivity index (χ2v) is 10.8. The van der Waals surface area contributed by atoms with Crippen LogP contribution in [0.4, 0.5) is 0 Å². The van der Waals surface area contributed by atoms with E-state index in [-0.39, 0.29) is 35.6 Å². The Morgan fingerprint density at radius 3 is 0.973 bits per heavy atom. The van der Waals surface area contributed by atoms with E-state index in [9.17, 15) is 15.3 Å². The zero-order valence-corrected chi connectivity index (χ0v) is 27.1. The van der Waals surface area contributed by atoms with Gasteiger partial charge in [-0.05, 0) is 27.5 Å². The van der Waals surface area contributed by atoms with Crippen LogP contribution in [-0.2, 0) is 28.8 Å². The average molecular weight is 721 g/mol. The van der Waals surface area contributed by atoms with Gasteiger partial charge in [-0.15, -0.1) is 24.8 Å². The fourth-order valence-electron chi connectivity index (χ4n) is 3.46. The first-order valence-corrected chi connectivity index (χ1v) is 13.0. The van der Waals surface area contributed by atoms with E-state index in [1.807, 2.05) is 133 Å². The summed E-state index contributed by atoms with van der Waals surface area (Å²) in [6.45, 7) is 11.9. The van der Waals surface area contributed by atoms with Gasteiger partial charge in [-0.3, -0.25) is 0 Å². The second kappa shape index (κ2) is 17.2. The van der Waals surface area contributed by atoms with E-state index in [0.717, 1.165) is 16.7 Å². The van der Waals surface area contributed by atoms with E-state index in [2.05, 4.69) is 0 Å². The molecule has 3 N–H and O–H groups in total. The predicted molar refractivity (Wildman–Crippen MR) is 152 cm³/mol. The Hall–Kier alpha value is -1.39. The van der Waals surface area contributed by atoms with E-state index in [1.165, 1.54) is 0 Å². The average Bonchev–Trinajstić information content (AvgIpc) is 2.85. The van der Waals surface area contributed by atoms with Crippen LogP contribution in [0.2, 0.25) is 0 Å². The number of halogens is 2. The summed E-state index contributed by atoms with van der Waals surface area (Å²) in [6.07, 6.45) is -0.434. The summed E-state index contributed by atoms with van der Waals surface area (Å²) in [5.74, 6) is 0. The molecule has 0 aliphatic carbocycles. The van der Waals surface area contributed by atoms with Crippen LogP contribution in [0.3, 0.4) is 0 Å². The number of aliphatic hydroxyl groups excluding tert-OH is 2. The van der Waals surface area contributed by atoms with Gasteiger partial charge in [-0.2, -0.15) is 0 Å². The van der Waals surface area contributed by atoms with Crippen molar-refractivity contribution in [3.8, 4) is 0 Å². The Morgan fingerprint density at radius 2 is 0.784 bits per heavy atom. The van der Waals surface area contributed by atoms with Gasteiger partial charge in [0.15, 0.2) is 0 Å². The standard InChI is InChI=1S/C19H16O.C11H24O2.2ClH.O.W/c20-19(16-10-4-1-5-11-16,17-12-6-2-7-13-17)18-14-8-3-9-15-18;1-10(2,3)8(12)7-9(13)11(4,5)6;;;;/h1-15,20H;8-9,12-13H,7H2,1-6H3;2*1H;;. The zero-order chi connectivity index (χ0) is 26.7. The third-order valence-corrected chi connectivity index (χ3v) is 6.02. The summed E-state index contributed by atoms with van der Waals surface area (Å²) >= 11 is 0.333. The third-order valence-electron chi connectivity index (χ3n) is 6.02. The van der Waals surface area contributed by atoms with Crippen LogP contribution in [0.1, 0.15) is 64.7 Å². The molecule has 3 aromatic rings. The molecule has 2 unspecified atom stereocenters. The first-order valence-electron chi connectivity index (χ1n) is 11.8. The Morgan fingerprint density at radius 1 is 0.568 bits per heavy atom. The Kier molecular flexibility index (Phi) is 17.6. The third kappa shape index (κ3) is 11.5. The molecule has 0 radical (unpaired) electrons. The van der Waals surface area contributed by atoms with Gasteiger partial charge in [0.05, 0.1) is 12.2 Å². The summed E-state index contributed by atoms with van der Waals surface area (Å²) in [4.78, 5) is 0. The molecule has 3 aromatic carbocycles. The molecular weight excluding hydrogens is 679 g/mol. The van der Waals surface area contributed by atoms with E-state index in [0.29, 0.717) is 26.2 Å². The molecular formula is C30H42Cl2O4W. The van der Waals surface area contributed by atoms with Crippen molar-refractivity contribution >= 4 is 24.8 Å². The number of hydrogen-bond acceptors (Lipinski definition) is 4. The minimum atomic E-state index is -1.12. The Balaban J connectivity index is 0. The van der Waals surface area contributed by atoms with Gasteiger partial charge in [0.25, 0.3) is 0 Å². The van der Waals surface area contributed by atoms with Crippen LogP contribution >= 0.6 is 24.8 Å². The molecule has 0 bridgehead atoms. The topological polar surface area (TPSA) is 77.8 Å². The van der Waals surface area contributed by atoms with Crippen LogP contribution < -0.4 is 0 Å². The number of aliphatic hydroxyl groups is 3. The van der Waals surface area contributed by atoms with E-state index in [4.69, 9.17) is 3.40 Å². The van der Waals surface area contributed by atoms with Crippen molar-refractivity contribution in [3.63, 3.8) is 0 Å². The van der Waals surface area contributed by atoms with Gasteiger partial charge in [-0.25, -0.2) is 0 Å². The monoisotopic (exact) mass is 720 g/mol. The molecule has 206 valence electrons. The summed E-state index contributed by atoms with van der Waals surface area (Å²) in [5, 5.41) is 30.9. The number of hydrogen-bond donors (Lipinski definition) is 3. The van der Waals surface area contributed by atoms with Gasteiger partial charge in [0.2, 0.25) is 0 Å². The summed E-state index contributed by atoms with van der Waals surface area (Å²) in [6, 6.07) is 29.3. The quantitative estimate of drug-likeness (QED) is 0.251. The maximum atomic E-state index is 11.4. The van der Waals surface area contributed by atoms with Gasteiger partial charge < -0.3 is 15.3 Å². The predicted octanol–water partition coefficient (Wildman–Crippen LogP) is 6.88. The molecule has 0 heterocycles. The molecule has 37 heavy (non-hydrogen) atoms. The molecule has 0 saturated heterocycles. The van der Waals surface area contributed by atoms with Crippen LogP contribution in [0.5, 0.6) is 0 Å². The van der Waals surface area contributed by atoms with E-state index >= 15 is 0 Å². The normalized spacial score (nSPS) is 12.7. The second-order valence-electron chi connectivity index (χ2n) is 10.8. The molecule has 0 spiro atoms. The van der Waals surface area contributed by atoms with Crippen molar-refractivity contribution in [1.29, 1.82) is 0 Å². The van der Waals surface area contributed by atoms with Crippen LogP contribution in [0, 0.1) is 10.8 Å². The molecule has 0 amide bonds. The SMILES string of the molecule is CC(C)(C)C(O)CC(O)C(C)(C)C.Cl.Cl.OC(c1ccccc1)(c1ccccc1)c1ccccc1.[O]=[W]. The minimum absolute atomic E-state index is 0. The Bertz CT molecular complexity index is 861. The van der Waals surface area contributed by atoms with Crippen molar-refractivity contribution in [2.75, 3.05) is 0 Å². The fourth-order valence-corrected chi connectivity index (χ4v) is 3.46. The van der Waals surface area contributed by atoms with Gasteiger partial charge >= 0.3 is 23.2 Å². The van der Waals surface area contributed by atoms with Crippen molar-refractivity contribution in [1.82, 2.24) is 0 Å². The van der Waals surface area contributed by atoms with Crippen molar-refractivity contribution < 1.29 is 38.5 Å². The molecule has 0 fully saturated rings. The molecule has 3 rings (SSSR count). The first kappa shape index (κ1) is 37.8. The maximum absolute atomic E-state index is 11.4. The first-order chi connectivity index (χ1) is 16.4. The molecule has 4 nitrogen and oxygen atoms in total.